The van der Waals surface area contributed by atoms with Gasteiger partial charge in [-0.2, -0.15) is 5.10 Å². The van der Waals surface area contributed by atoms with Crippen LogP contribution >= 0.6 is 0 Å². The van der Waals surface area contributed by atoms with Gasteiger partial charge in [-0.15, -0.1) is 0 Å². The van der Waals surface area contributed by atoms with E-state index >= 15 is 0 Å². The molecule has 1 amide bonds. The molecule has 0 aromatic heterocycles. The van der Waals surface area contributed by atoms with Crippen LogP contribution in [0.1, 0.15) is 18.1 Å². The summed E-state index contributed by atoms with van der Waals surface area (Å²) in [5.74, 6) is 1.67. The van der Waals surface area contributed by atoms with Gasteiger partial charge in [-0.05, 0) is 42.8 Å². The molecule has 1 saturated heterocycles. The Morgan fingerprint density at radius 1 is 1.19 bits per heavy atom. The fourth-order valence-electron chi connectivity index (χ4n) is 3.55. The lowest BCUT2D eigenvalue weighted by molar-refractivity contribution is -0.130. The van der Waals surface area contributed by atoms with Crippen molar-refractivity contribution in [2.24, 2.45) is 5.10 Å². The molecule has 0 aliphatic carbocycles. The van der Waals surface area contributed by atoms with Gasteiger partial charge in [-0.3, -0.25) is 9.69 Å². The molecule has 0 spiro atoms. The molecular weight excluding hydrogens is 398 g/mol. The van der Waals surface area contributed by atoms with Crippen LogP contribution in [0.5, 0.6) is 17.2 Å². The molecule has 2 heterocycles. The number of hydrogen-bond acceptors (Lipinski definition) is 7. The van der Waals surface area contributed by atoms with Crippen molar-refractivity contribution >= 4 is 11.6 Å². The highest BCUT2D eigenvalue weighted by atomic mass is 16.6. The van der Waals surface area contributed by atoms with E-state index < -0.39 is 6.10 Å². The van der Waals surface area contributed by atoms with E-state index in [0.717, 1.165) is 49.7 Å². The van der Waals surface area contributed by atoms with Crippen molar-refractivity contribution in [2.75, 3.05) is 40.0 Å². The predicted molar refractivity (Wildman–Crippen MR) is 116 cm³/mol. The second-order valence-electron chi connectivity index (χ2n) is 7.45. The number of rotatable bonds is 6. The van der Waals surface area contributed by atoms with Gasteiger partial charge in [0.1, 0.15) is 12.4 Å². The average molecular weight is 425 g/mol. The molecule has 8 heteroatoms. The van der Waals surface area contributed by atoms with Crippen LogP contribution in [0.25, 0.3) is 0 Å². The van der Waals surface area contributed by atoms with E-state index in [1.165, 1.54) is 0 Å². The van der Waals surface area contributed by atoms with Crippen LogP contribution in [-0.2, 0) is 16.1 Å². The van der Waals surface area contributed by atoms with Crippen LogP contribution in [0.4, 0.5) is 0 Å². The molecule has 31 heavy (non-hydrogen) atoms. The lowest BCUT2D eigenvalue weighted by Crippen LogP contribution is -2.42. The maximum absolute atomic E-state index is 12.5. The molecule has 1 fully saturated rings. The lowest BCUT2D eigenvalue weighted by atomic mass is 10.1. The minimum absolute atomic E-state index is 0.143. The summed E-state index contributed by atoms with van der Waals surface area (Å²) in [6, 6.07) is 13.2. The van der Waals surface area contributed by atoms with E-state index in [1.807, 2.05) is 37.3 Å². The maximum atomic E-state index is 12.5. The topological polar surface area (TPSA) is 81.6 Å². The van der Waals surface area contributed by atoms with Crippen LogP contribution in [0.15, 0.2) is 47.6 Å². The number of hydrazone groups is 1. The summed E-state index contributed by atoms with van der Waals surface area (Å²) in [5.41, 5.74) is 5.27. The number of ether oxygens (including phenoxy) is 4. The minimum atomic E-state index is -0.751. The second-order valence-corrected chi connectivity index (χ2v) is 7.45. The summed E-state index contributed by atoms with van der Waals surface area (Å²) in [4.78, 5) is 14.8. The molecule has 2 aliphatic heterocycles. The summed E-state index contributed by atoms with van der Waals surface area (Å²) in [7, 11) is 1.67. The first kappa shape index (κ1) is 21.1. The molecule has 1 atom stereocenters. The fourth-order valence-corrected chi connectivity index (χ4v) is 3.55. The molecule has 2 aromatic carbocycles. The summed E-state index contributed by atoms with van der Waals surface area (Å²) >= 11 is 0. The van der Waals surface area contributed by atoms with Crippen molar-refractivity contribution in [3.63, 3.8) is 0 Å². The molecule has 2 aromatic rings. The molecule has 0 bridgehead atoms. The van der Waals surface area contributed by atoms with Gasteiger partial charge in [0, 0.05) is 25.2 Å². The number of para-hydroxylation sites is 2. The molecule has 1 N–H and O–H groups in total. The van der Waals surface area contributed by atoms with E-state index in [-0.39, 0.29) is 12.5 Å². The van der Waals surface area contributed by atoms with Crippen LogP contribution in [0, 0.1) is 0 Å². The zero-order chi connectivity index (χ0) is 21.6. The quantitative estimate of drug-likeness (QED) is 0.565. The van der Waals surface area contributed by atoms with Crippen LogP contribution in [-0.4, -0.2) is 62.6 Å². The van der Waals surface area contributed by atoms with Crippen molar-refractivity contribution in [1.82, 2.24) is 10.3 Å². The van der Waals surface area contributed by atoms with E-state index in [0.29, 0.717) is 17.2 Å². The van der Waals surface area contributed by atoms with Crippen LogP contribution < -0.4 is 19.6 Å². The van der Waals surface area contributed by atoms with Gasteiger partial charge in [-0.25, -0.2) is 5.43 Å². The Morgan fingerprint density at radius 2 is 1.97 bits per heavy atom. The number of amides is 1. The van der Waals surface area contributed by atoms with Crippen LogP contribution in [0.2, 0.25) is 0 Å². The number of morpholine rings is 1. The average Bonchev–Trinajstić information content (AvgIpc) is 2.82. The number of carbonyl (C=O) groups is 1. The highest BCUT2D eigenvalue weighted by Gasteiger charge is 2.27. The summed E-state index contributed by atoms with van der Waals surface area (Å²) in [6.45, 7) is 6.04. The largest absolute Gasteiger partial charge is 0.496 e. The smallest absolute Gasteiger partial charge is 0.284 e. The first-order valence-corrected chi connectivity index (χ1v) is 10.3. The highest BCUT2D eigenvalue weighted by Crippen LogP contribution is 2.30. The number of nitrogens with one attached hydrogen (secondary N) is 1. The van der Waals surface area contributed by atoms with Gasteiger partial charge in [0.2, 0.25) is 6.10 Å². The third-order valence-corrected chi connectivity index (χ3v) is 5.33. The zero-order valence-corrected chi connectivity index (χ0v) is 17.8. The van der Waals surface area contributed by atoms with Gasteiger partial charge >= 0.3 is 0 Å². The Bertz CT molecular complexity index is 956. The number of hydrogen-bond donors (Lipinski definition) is 1. The van der Waals surface area contributed by atoms with Crippen molar-refractivity contribution in [3.8, 4) is 17.2 Å². The third-order valence-electron chi connectivity index (χ3n) is 5.33. The van der Waals surface area contributed by atoms with Gasteiger partial charge in [0.25, 0.3) is 5.91 Å². The maximum Gasteiger partial charge on any atom is 0.284 e. The molecule has 2 aliphatic rings. The van der Waals surface area contributed by atoms with Gasteiger partial charge in [-0.1, -0.05) is 12.1 Å². The first-order chi connectivity index (χ1) is 15.1. The number of nitrogens with zero attached hydrogens (tertiary/aromatic N) is 2. The molecule has 4 rings (SSSR count). The Morgan fingerprint density at radius 3 is 2.74 bits per heavy atom. The van der Waals surface area contributed by atoms with Gasteiger partial charge in [0.05, 0.1) is 26.0 Å². The Kier molecular flexibility index (Phi) is 6.69. The van der Waals surface area contributed by atoms with Crippen molar-refractivity contribution in [3.05, 3.63) is 53.6 Å². The monoisotopic (exact) mass is 425 g/mol. The molecule has 164 valence electrons. The van der Waals surface area contributed by atoms with Gasteiger partial charge in [0.15, 0.2) is 11.5 Å². The predicted octanol–water partition coefficient (Wildman–Crippen LogP) is 2.21. The number of carbonyl (C=O) groups excluding carboxylic acids is 1. The standard InChI is InChI=1S/C23H27N3O5/c1-16(24-25-23(27)22-15-30-20-5-3-4-6-21(20)31-22)17-7-8-19(28-2)18(13-17)14-26-9-11-29-12-10-26/h3-8,13,22H,9-12,14-15H2,1-2H3,(H,25,27)/b24-16-/t22-/m1/s1. The third kappa shape index (κ3) is 5.15. The number of benzene rings is 2. The van der Waals surface area contributed by atoms with E-state index in [2.05, 4.69) is 21.5 Å². The van der Waals surface area contributed by atoms with E-state index in [1.54, 1.807) is 13.2 Å². The van der Waals surface area contributed by atoms with Gasteiger partial charge < -0.3 is 18.9 Å². The Balaban J connectivity index is 1.41. The second kappa shape index (κ2) is 9.80. The Hall–Kier alpha value is -3.10. The van der Waals surface area contributed by atoms with E-state index in [9.17, 15) is 4.79 Å². The highest BCUT2D eigenvalue weighted by molar-refractivity contribution is 5.99. The van der Waals surface area contributed by atoms with Crippen molar-refractivity contribution < 1.29 is 23.7 Å². The minimum Gasteiger partial charge on any atom is -0.496 e. The van der Waals surface area contributed by atoms with Crippen LogP contribution in [0.3, 0.4) is 0 Å². The summed E-state index contributed by atoms with van der Waals surface area (Å²) < 4.78 is 22.3. The summed E-state index contributed by atoms with van der Waals surface area (Å²) in [5, 5.41) is 4.28. The normalized spacial score (nSPS) is 19.0. The SMILES string of the molecule is COc1ccc(/C(C)=N\NC(=O)[C@H]2COc3ccccc3O2)cc1CN1CCOCC1. The van der Waals surface area contributed by atoms with Crippen molar-refractivity contribution in [2.45, 2.75) is 19.6 Å². The summed E-state index contributed by atoms with van der Waals surface area (Å²) in [6.07, 6.45) is -0.751. The molecule has 0 unspecified atom stereocenters. The number of methoxy groups -OCH3 is 1. The number of fused-ring (bicyclic) bond motifs is 1. The Labute approximate surface area is 181 Å². The molecule has 0 saturated carbocycles. The van der Waals surface area contributed by atoms with Crippen molar-refractivity contribution in [1.29, 1.82) is 0 Å². The van der Waals surface area contributed by atoms with E-state index in [4.69, 9.17) is 18.9 Å². The lowest BCUT2D eigenvalue weighted by Gasteiger charge is -2.27. The fraction of sp³-hybridized carbons (Fsp3) is 0.391. The zero-order valence-electron chi connectivity index (χ0n) is 17.8. The molecule has 0 radical (unpaired) electrons. The molecule has 8 nitrogen and oxygen atoms in total. The first-order valence-electron chi connectivity index (χ1n) is 10.3. The molecular formula is C23H27N3O5.